The van der Waals surface area contributed by atoms with Crippen molar-refractivity contribution in [1.29, 1.82) is 0 Å². The van der Waals surface area contributed by atoms with Crippen LogP contribution in [0.5, 0.6) is 0 Å². The lowest BCUT2D eigenvalue weighted by molar-refractivity contribution is -0.137. The molecule has 0 aliphatic carbocycles. The van der Waals surface area contributed by atoms with Gasteiger partial charge >= 0.3 is 6.18 Å². The molecular weight excluding hydrogens is 269 g/mol. The second kappa shape index (κ2) is 5.09. The molecule has 3 nitrogen and oxygen atoms in total. The van der Waals surface area contributed by atoms with Crippen LogP contribution in [0, 0.1) is 0 Å². The molecule has 0 saturated carbocycles. The molecule has 0 spiro atoms. The molecule has 18 heavy (non-hydrogen) atoms. The first kappa shape index (κ1) is 14.7. The predicted molar refractivity (Wildman–Crippen MR) is 60.1 cm³/mol. The molecule has 7 heteroatoms. The highest BCUT2D eigenvalue weighted by Gasteiger charge is 2.34. The van der Waals surface area contributed by atoms with Crippen molar-refractivity contribution in [2.24, 2.45) is 0 Å². The van der Waals surface area contributed by atoms with Gasteiger partial charge in [-0.15, -0.1) is 0 Å². The van der Waals surface area contributed by atoms with Crippen LogP contribution in [0.2, 0.25) is 0 Å². The average molecular weight is 280 g/mol. The third-order valence-electron chi connectivity index (χ3n) is 2.23. The lowest BCUT2D eigenvalue weighted by atomic mass is 10.0. The van der Waals surface area contributed by atoms with Crippen molar-refractivity contribution in [2.45, 2.75) is 12.6 Å². The van der Waals surface area contributed by atoms with Crippen molar-refractivity contribution in [1.82, 2.24) is 0 Å². The second-order valence-corrected chi connectivity index (χ2v) is 6.11. The Hall–Kier alpha value is -1.37. The molecule has 0 unspecified atom stereocenters. The molecule has 1 rings (SSSR count). The summed E-state index contributed by atoms with van der Waals surface area (Å²) in [4.78, 5) is 11.6. The van der Waals surface area contributed by atoms with Gasteiger partial charge in [0.1, 0.15) is 9.84 Å². The van der Waals surface area contributed by atoms with E-state index in [-0.39, 0.29) is 0 Å². The van der Waals surface area contributed by atoms with Gasteiger partial charge in [0.05, 0.1) is 11.3 Å². The van der Waals surface area contributed by atoms with E-state index >= 15 is 0 Å². The van der Waals surface area contributed by atoms with Crippen LogP contribution < -0.4 is 0 Å². The fraction of sp³-hybridized carbons (Fsp3) is 0.364. The SMILES string of the molecule is CS(=O)(=O)CCC(=O)c1ccccc1C(F)(F)F. The van der Waals surface area contributed by atoms with Crippen molar-refractivity contribution >= 4 is 15.6 Å². The normalized spacial score (nSPS) is 12.4. The number of carbonyl (C=O) groups excluding carboxylic acids is 1. The van der Waals surface area contributed by atoms with Crippen LogP contribution in [0.15, 0.2) is 24.3 Å². The molecule has 100 valence electrons. The summed E-state index contributed by atoms with van der Waals surface area (Å²) < 4.78 is 59.6. The molecule has 0 aliphatic rings. The number of sulfone groups is 1. The minimum Gasteiger partial charge on any atom is -0.294 e. The lowest BCUT2D eigenvalue weighted by Gasteiger charge is -2.11. The Balaban J connectivity index is 3.00. The molecule has 0 radical (unpaired) electrons. The Morgan fingerprint density at radius 1 is 1.22 bits per heavy atom. The van der Waals surface area contributed by atoms with Crippen LogP contribution in [0.25, 0.3) is 0 Å². The average Bonchev–Trinajstić information content (AvgIpc) is 2.24. The van der Waals surface area contributed by atoms with E-state index in [0.717, 1.165) is 18.4 Å². The Kier molecular flexibility index (Phi) is 4.16. The summed E-state index contributed by atoms with van der Waals surface area (Å²) in [5.41, 5.74) is -1.53. The minimum atomic E-state index is -4.63. The highest BCUT2D eigenvalue weighted by Crippen LogP contribution is 2.32. The Bertz CT molecular complexity index is 547. The van der Waals surface area contributed by atoms with Crippen molar-refractivity contribution in [3.05, 3.63) is 35.4 Å². The smallest absolute Gasteiger partial charge is 0.294 e. The van der Waals surface area contributed by atoms with Gasteiger partial charge in [-0.1, -0.05) is 18.2 Å². The molecule has 0 saturated heterocycles. The molecule has 1 aromatic rings. The van der Waals surface area contributed by atoms with Gasteiger partial charge in [0.2, 0.25) is 0 Å². The lowest BCUT2D eigenvalue weighted by Crippen LogP contribution is -2.15. The van der Waals surface area contributed by atoms with Gasteiger partial charge in [-0.25, -0.2) is 8.42 Å². The van der Waals surface area contributed by atoms with Crippen LogP contribution in [-0.2, 0) is 16.0 Å². The molecule has 0 N–H and O–H groups in total. The highest BCUT2D eigenvalue weighted by atomic mass is 32.2. The fourth-order valence-corrected chi connectivity index (χ4v) is 1.94. The topological polar surface area (TPSA) is 51.2 Å². The van der Waals surface area contributed by atoms with E-state index in [1.807, 2.05) is 0 Å². The van der Waals surface area contributed by atoms with Crippen molar-refractivity contribution in [3.8, 4) is 0 Å². The molecule has 0 heterocycles. The predicted octanol–water partition coefficient (Wildman–Crippen LogP) is 2.32. The number of carbonyl (C=O) groups is 1. The van der Waals surface area contributed by atoms with Gasteiger partial charge in [0, 0.05) is 18.2 Å². The van der Waals surface area contributed by atoms with Gasteiger partial charge < -0.3 is 0 Å². The summed E-state index contributed by atoms with van der Waals surface area (Å²) in [6.45, 7) is 0. The van der Waals surface area contributed by atoms with Crippen LogP contribution in [0.3, 0.4) is 0 Å². The number of rotatable bonds is 4. The van der Waals surface area contributed by atoms with Crippen molar-refractivity contribution in [3.63, 3.8) is 0 Å². The molecular formula is C11H11F3O3S. The maximum Gasteiger partial charge on any atom is 0.417 e. The molecule has 0 bridgehead atoms. The number of hydrogen-bond acceptors (Lipinski definition) is 3. The standard InChI is InChI=1S/C11H11F3O3S/c1-18(16,17)7-6-10(15)8-4-2-3-5-9(8)11(12,13)14/h2-5H,6-7H2,1H3. The van der Waals surface area contributed by atoms with Crippen LogP contribution in [-0.4, -0.2) is 26.2 Å². The Morgan fingerprint density at radius 3 is 2.28 bits per heavy atom. The van der Waals surface area contributed by atoms with Crippen molar-refractivity contribution in [2.75, 3.05) is 12.0 Å². The number of alkyl halides is 3. The maximum absolute atomic E-state index is 12.6. The molecule has 0 aliphatic heterocycles. The van der Waals surface area contributed by atoms with Gasteiger partial charge in [-0.05, 0) is 6.07 Å². The number of benzene rings is 1. The zero-order chi connectivity index (χ0) is 14.0. The van der Waals surface area contributed by atoms with Gasteiger partial charge in [-0.3, -0.25) is 4.79 Å². The number of ketones is 1. The van der Waals surface area contributed by atoms with E-state index in [0.29, 0.717) is 0 Å². The third-order valence-corrected chi connectivity index (χ3v) is 3.18. The minimum absolute atomic E-state index is 0.452. The summed E-state index contributed by atoms with van der Waals surface area (Å²) in [5.74, 6) is -1.29. The van der Waals surface area contributed by atoms with E-state index < -0.39 is 45.1 Å². The maximum atomic E-state index is 12.6. The second-order valence-electron chi connectivity index (χ2n) is 3.85. The fourth-order valence-electron chi connectivity index (χ4n) is 1.39. The Labute approximate surface area is 103 Å². The summed E-state index contributed by atoms with van der Waals surface area (Å²) in [7, 11) is -3.38. The van der Waals surface area contributed by atoms with Gasteiger partial charge in [0.15, 0.2) is 5.78 Å². The van der Waals surface area contributed by atoms with Crippen molar-refractivity contribution < 1.29 is 26.4 Å². The molecule has 0 amide bonds. The van der Waals surface area contributed by atoms with E-state index in [1.54, 1.807) is 0 Å². The van der Waals surface area contributed by atoms with E-state index in [4.69, 9.17) is 0 Å². The summed E-state index contributed by atoms with van der Waals surface area (Å²) in [6, 6.07) is 4.33. The summed E-state index contributed by atoms with van der Waals surface area (Å²) in [6.07, 6.45) is -4.15. The van der Waals surface area contributed by atoms with Gasteiger partial charge in [0.25, 0.3) is 0 Å². The Morgan fingerprint density at radius 2 is 1.78 bits per heavy atom. The zero-order valence-corrected chi connectivity index (χ0v) is 10.3. The first-order chi connectivity index (χ1) is 8.11. The first-order valence-corrected chi connectivity index (χ1v) is 7.04. The van der Waals surface area contributed by atoms with E-state index in [9.17, 15) is 26.4 Å². The quantitative estimate of drug-likeness (QED) is 0.795. The van der Waals surface area contributed by atoms with Gasteiger partial charge in [-0.2, -0.15) is 13.2 Å². The zero-order valence-electron chi connectivity index (χ0n) is 9.49. The van der Waals surface area contributed by atoms with Crippen LogP contribution in [0.1, 0.15) is 22.3 Å². The molecule has 0 aromatic heterocycles. The number of hydrogen-bond donors (Lipinski definition) is 0. The largest absolute Gasteiger partial charge is 0.417 e. The third kappa shape index (κ3) is 4.14. The summed E-state index contributed by atoms with van der Waals surface area (Å²) in [5, 5.41) is 0. The highest BCUT2D eigenvalue weighted by molar-refractivity contribution is 7.90. The van der Waals surface area contributed by atoms with E-state index in [1.165, 1.54) is 12.1 Å². The molecule has 0 fully saturated rings. The first-order valence-electron chi connectivity index (χ1n) is 4.98. The van der Waals surface area contributed by atoms with E-state index in [2.05, 4.69) is 0 Å². The number of Topliss-reactive ketones (excluding diaryl/α,β-unsaturated/α-hetero) is 1. The molecule has 1 aromatic carbocycles. The molecule has 0 atom stereocenters. The monoisotopic (exact) mass is 280 g/mol. The summed E-state index contributed by atoms with van der Waals surface area (Å²) >= 11 is 0. The van der Waals surface area contributed by atoms with Crippen LogP contribution >= 0.6 is 0 Å². The number of halogens is 3. The van der Waals surface area contributed by atoms with Crippen LogP contribution in [0.4, 0.5) is 13.2 Å².